The molecule has 114 valence electrons. The van der Waals surface area contributed by atoms with E-state index in [2.05, 4.69) is 10.4 Å². The number of carbonyl (C=O) groups excluding carboxylic acids is 1. The molecule has 0 unspecified atom stereocenters. The van der Waals surface area contributed by atoms with Gasteiger partial charge in [-0.25, -0.2) is 4.68 Å². The highest BCUT2D eigenvalue weighted by atomic mass is 16.6. The van der Waals surface area contributed by atoms with E-state index in [0.29, 0.717) is 18.8 Å². The van der Waals surface area contributed by atoms with Crippen molar-refractivity contribution in [3.05, 3.63) is 57.8 Å². The number of nitro groups is 1. The number of benzene rings is 1. The van der Waals surface area contributed by atoms with Gasteiger partial charge >= 0.3 is 0 Å². The highest BCUT2D eigenvalue weighted by molar-refractivity contribution is 5.94. The number of anilines is 1. The van der Waals surface area contributed by atoms with Crippen molar-refractivity contribution in [2.24, 2.45) is 5.92 Å². The summed E-state index contributed by atoms with van der Waals surface area (Å²) in [6.45, 7) is 2.38. The van der Waals surface area contributed by atoms with Gasteiger partial charge in [-0.1, -0.05) is 30.3 Å². The molecule has 3 rings (SSSR count). The molecule has 1 N–H and O–H groups in total. The third kappa shape index (κ3) is 2.98. The van der Waals surface area contributed by atoms with Crippen molar-refractivity contribution in [1.82, 2.24) is 9.78 Å². The summed E-state index contributed by atoms with van der Waals surface area (Å²) < 4.78 is 1.70. The predicted octanol–water partition coefficient (Wildman–Crippen LogP) is 1.84. The van der Waals surface area contributed by atoms with Crippen LogP contribution in [0.4, 0.5) is 5.82 Å². The normalized spacial score (nSPS) is 19.7. The largest absolute Gasteiger partial charge is 0.310 e. The van der Waals surface area contributed by atoms with Crippen LogP contribution in [0.15, 0.2) is 36.4 Å². The maximum Gasteiger partial charge on any atom is 0.235 e. The quantitative estimate of drug-likeness (QED) is 0.674. The molecule has 1 amide bonds. The van der Waals surface area contributed by atoms with Crippen molar-refractivity contribution in [2.75, 3.05) is 5.32 Å². The Kier molecular flexibility index (Phi) is 3.62. The molecule has 0 aliphatic heterocycles. The molecule has 0 radical (unpaired) electrons. The van der Waals surface area contributed by atoms with Crippen LogP contribution in [0.5, 0.6) is 0 Å². The highest BCUT2D eigenvalue weighted by Crippen LogP contribution is 2.34. The molecule has 7 nitrogen and oxygen atoms in total. The van der Waals surface area contributed by atoms with Crippen LogP contribution < -0.4 is 5.32 Å². The molecule has 1 aliphatic carbocycles. The molecule has 1 heterocycles. The minimum absolute atomic E-state index is 0.309. The first kappa shape index (κ1) is 14.2. The Bertz CT molecular complexity index is 711. The fraction of sp³-hybridized carbons (Fsp3) is 0.333. The molecule has 1 aromatic carbocycles. The summed E-state index contributed by atoms with van der Waals surface area (Å²) in [5, 5.41) is 17.8. The minimum atomic E-state index is -0.744. The number of hydrogen-bond donors (Lipinski definition) is 1. The number of nitrogens with zero attached hydrogens (tertiary/aromatic N) is 3. The van der Waals surface area contributed by atoms with E-state index in [4.69, 9.17) is 0 Å². The van der Waals surface area contributed by atoms with Crippen LogP contribution in [-0.4, -0.2) is 26.7 Å². The molecule has 1 fully saturated rings. The van der Waals surface area contributed by atoms with Crippen LogP contribution in [0.1, 0.15) is 17.7 Å². The minimum Gasteiger partial charge on any atom is -0.310 e. The van der Waals surface area contributed by atoms with E-state index >= 15 is 0 Å². The van der Waals surface area contributed by atoms with Gasteiger partial charge in [0.2, 0.25) is 11.9 Å². The first-order valence-electron chi connectivity index (χ1n) is 7.07. The zero-order chi connectivity index (χ0) is 15.7. The standard InChI is InChI=1S/C15H16N4O3/c1-10-7-14(16-15(20)12-8-13(12)19(21)22)18(17-10)9-11-5-3-2-4-6-11/h2-7,12-13H,8-9H2,1H3,(H,16,20)/t12-,13+/m0/s1. The lowest BCUT2D eigenvalue weighted by Gasteiger charge is -2.08. The Labute approximate surface area is 127 Å². The summed E-state index contributed by atoms with van der Waals surface area (Å²) >= 11 is 0. The van der Waals surface area contributed by atoms with Gasteiger partial charge in [-0.05, 0) is 12.5 Å². The van der Waals surface area contributed by atoms with Gasteiger partial charge in [0.05, 0.1) is 12.2 Å². The molecule has 0 saturated heterocycles. The SMILES string of the molecule is Cc1cc(NC(=O)[C@H]2C[C@H]2[N+](=O)[O-])n(Cc2ccccc2)n1. The number of carbonyl (C=O) groups is 1. The first-order valence-corrected chi connectivity index (χ1v) is 7.07. The Morgan fingerprint density at radius 1 is 1.45 bits per heavy atom. The number of nitrogens with one attached hydrogen (secondary N) is 1. The second-order valence-corrected chi connectivity index (χ2v) is 5.50. The number of amides is 1. The van der Waals surface area contributed by atoms with E-state index < -0.39 is 16.9 Å². The van der Waals surface area contributed by atoms with Crippen LogP contribution in [0, 0.1) is 23.0 Å². The summed E-state index contributed by atoms with van der Waals surface area (Å²) in [6.07, 6.45) is 0.310. The second kappa shape index (κ2) is 5.59. The second-order valence-electron chi connectivity index (χ2n) is 5.50. The molecule has 2 aromatic rings. The van der Waals surface area contributed by atoms with Crippen LogP contribution in [0.3, 0.4) is 0 Å². The summed E-state index contributed by atoms with van der Waals surface area (Å²) in [7, 11) is 0. The number of rotatable bonds is 5. The van der Waals surface area contributed by atoms with Crippen molar-refractivity contribution in [2.45, 2.75) is 25.9 Å². The van der Waals surface area contributed by atoms with E-state index in [1.807, 2.05) is 37.3 Å². The van der Waals surface area contributed by atoms with Gasteiger partial charge in [-0.2, -0.15) is 5.10 Å². The monoisotopic (exact) mass is 300 g/mol. The lowest BCUT2D eigenvalue weighted by Crippen LogP contribution is -2.20. The first-order chi connectivity index (χ1) is 10.5. The van der Waals surface area contributed by atoms with Gasteiger partial charge < -0.3 is 5.32 Å². The average Bonchev–Trinajstić information content (AvgIpc) is 3.21. The van der Waals surface area contributed by atoms with Crippen molar-refractivity contribution in [1.29, 1.82) is 0 Å². The van der Waals surface area contributed by atoms with Crippen molar-refractivity contribution in [3.8, 4) is 0 Å². The predicted molar refractivity (Wildman–Crippen MR) is 80.0 cm³/mol. The highest BCUT2D eigenvalue weighted by Gasteiger charge is 2.53. The van der Waals surface area contributed by atoms with Crippen molar-refractivity contribution < 1.29 is 9.72 Å². The average molecular weight is 300 g/mol. The van der Waals surface area contributed by atoms with E-state index in [0.717, 1.165) is 11.3 Å². The molecule has 1 saturated carbocycles. The molecule has 2 atom stereocenters. The molecule has 0 spiro atoms. The van der Waals surface area contributed by atoms with E-state index in [1.54, 1.807) is 10.7 Å². The fourth-order valence-corrected chi connectivity index (χ4v) is 2.44. The molecular weight excluding hydrogens is 284 g/mol. The Morgan fingerprint density at radius 3 is 2.82 bits per heavy atom. The smallest absolute Gasteiger partial charge is 0.235 e. The molecular formula is C15H16N4O3. The van der Waals surface area contributed by atoms with Gasteiger partial charge in [0, 0.05) is 17.4 Å². The van der Waals surface area contributed by atoms with Crippen molar-refractivity contribution in [3.63, 3.8) is 0 Å². The lowest BCUT2D eigenvalue weighted by molar-refractivity contribution is -0.497. The maximum absolute atomic E-state index is 12.0. The van der Waals surface area contributed by atoms with Gasteiger partial charge in [-0.15, -0.1) is 0 Å². The Morgan fingerprint density at radius 2 is 2.18 bits per heavy atom. The topological polar surface area (TPSA) is 90.1 Å². The van der Waals surface area contributed by atoms with Gasteiger partial charge in [0.1, 0.15) is 11.7 Å². The van der Waals surface area contributed by atoms with Gasteiger partial charge in [-0.3, -0.25) is 14.9 Å². The third-order valence-electron chi connectivity index (χ3n) is 3.69. The third-order valence-corrected chi connectivity index (χ3v) is 3.69. The van der Waals surface area contributed by atoms with Crippen LogP contribution in [-0.2, 0) is 11.3 Å². The van der Waals surface area contributed by atoms with E-state index in [-0.39, 0.29) is 5.91 Å². The summed E-state index contributed by atoms with van der Waals surface area (Å²) in [6, 6.07) is 10.8. The summed E-state index contributed by atoms with van der Waals surface area (Å²) in [4.78, 5) is 22.3. The van der Waals surface area contributed by atoms with Crippen LogP contribution in [0.25, 0.3) is 0 Å². The number of aryl methyl sites for hydroxylation is 1. The maximum atomic E-state index is 12.0. The van der Waals surface area contributed by atoms with Crippen molar-refractivity contribution >= 4 is 11.7 Å². The number of hydrogen-bond acceptors (Lipinski definition) is 4. The summed E-state index contributed by atoms with van der Waals surface area (Å²) in [5.41, 5.74) is 1.85. The van der Waals surface area contributed by atoms with E-state index in [9.17, 15) is 14.9 Å². The Balaban J connectivity index is 1.72. The Hall–Kier alpha value is -2.70. The van der Waals surface area contributed by atoms with Crippen LogP contribution in [0.2, 0.25) is 0 Å². The molecule has 22 heavy (non-hydrogen) atoms. The van der Waals surface area contributed by atoms with E-state index in [1.165, 1.54) is 0 Å². The molecule has 0 bridgehead atoms. The zero-order valence-electron chi connectivity index (χ0n) is 12.1. The molecule has 1 aliphatic rings. The van der Waals surface area contributed by atoms with Crippen LogP contribution >= 0.6 is 0 Å². The fourth-order valence-electron chi connectivity index (χ4n) is 2.44. The van der Waals surface area contributed by atoms with Gasteiger partial charge in [0.15, 0.2) is 0 Å². The molecule has 7 heteroatoms. The summed E-state index contributed by atoms with van der Waals surface area (Å²) in [5.74, 6) is -0.272. The zero-order valence-corrected chi connectivity index (χ0v) is 12.1. The van der Waals surface area contributed by atoms with Gasteiger partial charge in [0.25, 0.3) is 0 Å². The molecule has 1 aromatic heterocycles. The number of aromatic nitrogens is 2. The lowest BCUT2D eigenvalue weighted by atomic mass is 10.2.